The van der Waals surface area contributed by atoms with Crippen molar-refractivity contribution in [2.75, 3.05) is 0 Å². The number of carbonyl (C=O) groups is 1. The van der Waals surface area contributed by atoms with E-state index in [1.807, 2.05) is 6.92 Å². The maximum atomic E-state index is 9.96. The van der Waals surface area contributed by atoms with E-state index in [1.165, 1.54) is 13.0 Å². The second-order valence-corrected chi connectivity index (χ2v) is 1.11. The standard InChI is InChI=1S/C5H8O.Ca.2H/c1-3-4-5(2)6;;;/h3-4H,1-2H3;;;. The Morgan fingerprint density at radius 1 is 1.57 bits per heavy atom. The van der Waals surface area contributed by atoms with Crippen molar-refractivity contribution in [2.45, 2.75) is 13.8 Å². The fourth-order valence-corrected chi connectivity index (χ4v) is 0.235. The monoisotopic (exact) mass is 126 g/mol. The molecule has 0 aromatic carbocycles. The molecular formula is C5H10CaO. The van der Waals surface area contributed by atoms with Crippen LogP contribution in [0.15, 0.2) is 12.2 Å². The van der Waals surface area contributed by atoms with Crippen molar-refractivity contribution in [3.63, 3.8) is 0 Å². The van der Waals surface area contributed by atoms with Gasteiger partial charge < -0.3 is 0 Å². The number of carbonyl (C=O) groups excluding carboxylic acids is 1. The molecule has 0 aliphatic carbocycles. The van der Waals surface area contributed by atoms with Crippen LogP contribution in [-0.2, 0) is 4.79 Å². The predicted octanol–water partition coefficient (Wildman–Crippen LogP) is 0.235. The Bertz CT molecular complexity index is 76.1. The van der Waals surface area contributed by atoms with Crippen molar-refractivity contribution in [1.29, 1.82) is 0 Å². The normalized spacial score (nSPS) is 8.29. The van der Waals surface area contributed by atoms with E-state index in [0.717, 1.165) is 0 Å². The summed E-state index contributed by atoms with van der Waals surface area (Å²) in [6, 6.07) is 0. The molecule has 0 radical (unpaired) electrons. The van der Waals surface area contributed by atoms with E-state index in [2.05, 4.69) is 0 Å². The van der Waals surface area contributed by atoms with Crippen LogP contribution in [0.25, 0.3) is 0 Å². The van der Waals surface area contributed by atoms with E-state index in [9.17, 15) is 4.79 Å². The minimum atomic E-state index is 0. The molecule has 0 aromatic heterocycles. The number of hydrogen-bond donors (Lipinski definition) is 0. The van der Waals surface area contributed by atoms with Gasteiger partial charge in [-0.05, 0) is 19.9 Å². The summed E-state index contributed by atoms with van der Waals surface area (Å²) in [7, 11) is 0. The van der Waals surface area contributed by atoms with Gasteiger partial charge in [-0.1, -0.05) is 6.08 Å². The van der Waals surface area contributed by atoms with Crippen LogP contribution < -0.4 is 0 Å². The molecule has 2 heteroatoms. The van der Waals surface area contributed by atoms with Crippen molar-refractivity contribution in [2.24, 2.45) is 0 Å². The first-order valence-corrected chi connectivity index (χ1v) is 1.90. The molecule has 0 aliphatic rings. The summed E-state index contributed by atoms with van der Waals surface area (Å²) < 4.78 is 0. The fraction of sp³-hybridized carbons (Fsp3) is 0.400. The molecule has 0 amide bonds. The first-order valence-electron chi connectivity index (χ1n) is 1.90. The van der Waals surface area contributed by atoms with Gasteiger partial charge >= 0.3 is 37.7 Å². The summed E-state index contributed by atoms with van der Waals surface area (Å²) in [4.78, 5) is 9.96. The average molecular weight is 126 g/mol. The fourth-order valence-electron chi connectivity index (χ4n) is 0.235. The molecule has 0 unspecified atom stereocenters. The zero-order valence-electron chi connectivity index (χ0n) is 4.06. The average Bonchev–Trinajstić information content (AvgIpc) is 1.35. The van der Waals surface area contributed by atoms with Crippen LogP contribution in [-0.4, -0.2) is 43.5 Å². The molecule has 0 saturated carbocycles. The van der Waals surface area contributed by atoms with Crippen molar-refractivity contribution < 1.29 is 4.79 Å². The third-order valence-corrected chi connectivity index (χ3v) is 0.401. The number of hydrogen-bond acceptors (Lipinski definition) is 1. The third-order valence-electron chi connectivity index (χ3n) is 0.401. The Kier molecular flexibility index (Phi) is 10.1. The van der Waals surface area contributed by atoms with Crippen LogP contribution in [0.5, 0.6) is 0 Å². The second kappa shape index (κ2) is 6.67. The zero-order chi connectivity index (χ0) is 4.99. The van der Waals surface area contributed by atoms with E-state index in [0.29, 0.717) is 0 Å². The van der Waals surface area contributed by atoms with E-state index in [4.69, 9.17) is 0 Å². The molecule has 0 bridgehead atoms. The Morgan fingerprint density at radius 3 is 2.00 bits per heavy atom. The topological polar surface area (TPSA) is 17.1 Å². The van der Waals surface area contributed by atoms with Gasteiger partial charge in [0.15, 0.2) is 5.78 Å². The molecule has 0 atom stereocenters. The molecule has 7 heavy (non-hydrogen) atoms. The summed E-state index contributed by atoms with van der Waals surface area (Å²) in [5.74, 6) is 0.109. The van der Waals surface area contributed by atoms with Crippen LogP contribution in [0.1, 0.15) is 13.8 Å². The van der Waals surface area contributed by atoms with Crippen LogP contribution in [0, 0.1) is 0 Å². The molecule has 1 nitrogen and oxygen atoms in total. The Morgan fingerprint density at radius 2 is 2.00 bits per heavy atom. The molecule has 0 rings (SSSR count). The second-order valence-electron chi connectivity index (χ2n) is 1.11. The van der Waals surface area contributed by atoms with Gasteiger partial charge in [-0.15, -0.1) is 0 Å². The van der Waals surface area contributed by atoms with Crippen molar-refractivity contribution in [3.05, 3.63) is 12.2 Å². The summed E-state index contributed by atoms with van der Waals surface area (Å²) in [5.41, 5.74) is 0. The summed E-state index contributed by atoms with van der Waals surface area (Å²) in [6.07, 6.45) is 3.25. The molecule has 0 fully saturated rings. The molecule has 0 heterocycles. The maximum absolute atomic E-state index is 9.96. The third kappa shape index (κ3) is 10.8. The van der Waals surface area contributed by atoms with Gasteiger partial charge in [-0.3, -0.25) is 4.79 Å². The minimum absolute atomic E-state index is 0. The zero-order valence-corrected chi connectivity index (χ0v) is 4.06. The van der Waals surface area contributed by atoms with E-state index in [1.54, 1.807) is 6.08 Å². The van der Waals surface area contributed by atoms with Gasteiger partial charge in [-0.25, -0.2) is 0 Å². The predicted molar refractivity (Wildman–Crippen MR) is 34.0 cm³/mol. The molecule has 0 N–H and O–H groups in total. The van der Waals surface area contributed by atoms with Gasteiger partial charge in [0.1, 0.15) is 0 Å². The van der Waals surface area contributed by atoms with E-state index in [-0.39, 0.29) is 43.5 Å². The summed E-state index contributed by atoms with van der Waals surface area (Å²) >= 11 is 0. The van der Waals surface area contributed by atoms with Crippen molar-refractivity contribution in [1.82, 2.24) is 0 Å². The van der Waals surface area contributed by atoms with Crippen LogP contribution in [0.4, 0.5) is 0 Å². The van der Waals surface area contributed by atoms with Crippen molar-refractivity contribution in [3.8, 4) is 0 Å². The summed E-state index contributed by atoms with van der Waals surface area (Å²) in [6.45, 7) is 3.35. The first-order chi connectivity index (χ1) is 2.77. The SMILES string of the molecule is CC=CC(C)=O.[CaH2]. The molecule has 0 spiro atoms. The first kappa shape index (κ1) is 10.6. The molecule has 38 valence electrons. The quantitative estimate of drug-likeness (QED) is 0.363. The number of rotatable bonds is 1. The molecule has 0 aromatic rings. The Balaban J connectivity index is 0. The molecule has 0 aliphatic heterocycles. The molecule has 0 saturated heterocycles. The Hall–Kier alpha value is 0.670. The van der Waals surface area contributed by atoms with Gasteiger partial charge in [0.05, 0.1) is 0 Å². The van der Waals surface area contributed by atoms with Crippen molar-refractivity contribution >= 4 is 43.5 Å². The number of allylic oxidation sites excluding steroid dienone is 2. The summed E-state index contributed by atoms with van der Waals surface area (Å²) in [5, 5.41) is 0. The van der Waals surface area contributed by atoms with Crippen LogP contribution in [0.2, 0.25) is 0 Å². The van der Waals surface area contributed by atoms with E-state index >= 15 is 0 Å². The van der Waals surface area contributed by atoms with Gasteiger partial charge in [0, 0.05) is 0 Å². The number of ketones is 1. The van der Waals surface area contributed by atoms with Gasteiger partial charge in [0.2, 0.25) is 0 Å². The van der Waals surface area contributed by atoms with Gasteiger partial charge in [-0.2, -0.15) is 0 Å². The van der Waals surface area contributed by atoms with Gasteiger partial charge in [0.25, 0.3) is 0 Å². The van der Waals surface area contributed by atoms with Crippen LogP contribution in [0.3, 0.4) is 0 Å². The molecular weight excluding hydrogens is 116 g/mol. The van der Waals surface area contributed by atoms with E-state index < -0.39 is 0 Å². The Labute approximate surface area is 73.8 Å². The van der Waals surface area contributed by atoms with Crippen LogP contribution >= 0.6 is 0 Å².